The van der Waals surface area contributed by atoms with Crippen LogP contribution in [-0.4, -0.2) is 31.9 Å². The van der Waals surface area contributed by atoms with Crippen LogP contribution in [-0.2, 0) is 4.33 Å². The predicted molar refractivity (Wildman–Crippen MR) is 115 cm³/mol. The average Bonchev–Trinajstić information content (AvgIpc) is 2.51. The molecule has 0 bridgehead atoms. The van der Waals surface area contributed by atoms with E-state index in [0.29, 0.717) is 9.98 Å². The molecule has 0 amide bonds. The Hall–Kier alpha value is 1.73. The largest absolute Gasteiger partial charge is 1.00 e. The molecular weight excluding hydrogens is 589 g/mol. The van der Waals surface area contributed by atoms with Crippen LogP contribution in [0.3, 0.4) is 0 Å². The van der Waals surface area contributed by atoms with Crippen molar-refractivity contribution in [3.63, 3.8) is 0 Å². The van der Waals surface area contributed by atoms with Crippen LogP contribution in [0.4, 0.5) is 0 Å². The maximum Gasteiger partial charge on any atom is 1.00 e. The van der Waals surface area contributed by atoms with Crippen LogP contribution in [0.2, 0.25) is 0 Å². The van der Waals surface area contributed by atoms with Crippen molar-refractivity contribution in [3.8, 4) is 0 Å². The SMILES string of the molecule is Cc1cc(C(=S)NCCI)c(C(=S)NCCI)cc1SO[O-].[Na+]. The second-order valence-electron chi connectivity index (χ2n) is 4.20. The quantitative estimate of drug-likeness (QED) is 0.0805. The first kappa shape index (κ1) is 24.7. The molecule has 2 N–H and O–H groups in total. The summed E-state index contributed by atoms with van der Waals surface area (Å²) in [6.07, 6.45) is 0. The van der Waals surface area contributed by atoms with Crippen molar-refractivity contribution in [1.82, 2.24) is 10.6 Å². The third-order valence-electron chi connectivity index (χ3n) is 2.69. The molecule has 0 aliphatic rings. The van der Waals surface area contributed by atoms with Crippen LogP contribution in [0.5, 0.6) is 0 Å². The minimum Gasteiger partial charge on any atom is -0.710 e. The number of thiocarbonyl (C=S) groups is 2. The van der Waals surface area contributed by atoms with E-state index in [9.17, 15) is 5.26 Å². The van der Waals surface area contributed by atoms with Gasteiger partial charge < -0.3 is 20.2 Å². The smallest absolute Gasteiger partial charge is 0.710 e. The molecule has 0 aliphatic heterocycles. The first-order valence-electron chi connectivity index (χ1n) is 6.34. The fraction of sp³-hybridized carbons (Fsp3) is 0.385. The monoisotopic (exact) mass is 604 g/mol. The maximum atomic E-state index is 10.4. The van der Waals surface area contributed by atoms with Crippen molar-refractivity contribution in [3.05, 3.63) is 28.8 Å². The molecule has 1 aromatic carbocycles. The topological polar surface area (TPSA) is 56.3 Å². The zero-order valence-corrected chi connectivity index (χ0v) is 21.5. The second-order valence-corrected chi connectivity index (χ2v) is 7.92. The van der Waals surface area contributed by atoms with Crippen LogP contribution >= 0.6 is 81.7 Å². The van der Waals surface area contributed by atoms with E-state index < -0.39 is 0 Å². The Morgan fingerprint density at radius 3 is 2.04 bits per heavy atom. The summed E-state index contributed by atoms with van der Waals surface area (Å²) in [5, 5.41) is 16.8. The van der Waals surface area contributed by atoms with Gasteiger partial charge in [0.1, 0.15) is 9.98 Å². The normalized spacial score (nSPS) is 9.91. The van der Waals surface area contributed by atoms with E-state index in [1.807, 2.05) is 19.1 Å². The van der Waals surface area contributed by atoms with E-state index in [0.717, 1.165) is 55.6 Å². The molecule has 0 heterocycles. The van der Waals surface area contributed by atoms with Crippen LogP contribution < -0.4 is 45.4 Å². The van der Waals surface area contributed by atoms with E-state index >= 15 is 0 Å². The molecule has 0 saturated carbocycles. The van der Waals surface area contributed by atoms with Crippen LogP contribution in [0.25, 0.3) is 0 Å². The molecule has 4 nitrogen and oxygen atoms in total. The average molecular weight is 604 g/mol. The summed E-state index contributed by atoms with van der Waals surface area (Å²) in [6, 6.07) is 3.80. The summed E-state index contributed by atoms with van der Waals surface area (Å²) in [5.74, 6) is 0. The molecule has 0 radical (unpaired) electrons. The summed E-state index contributed by atoms with van der Waals surface area (Å²) < 4.78 is 5.85. The summed E-state index contributed by atoms with van der Waals surface area (Å²) in [5.41, 5.74) is 2.62. The fourth-order valence-electron chi connectivity index (χ4n) is 1.70. The van der Waals surface area contributed by atoms with Gasteiger partial charge in [0.25, 0.3) is 0 Å². The number of benzene rings is 1. The summed E-state index contributed by atoms with van der Waals surface area (Å²) in [6.45, 7) is 3.49. The van der Waals surface area contributed by atoms with Gasteiger partial charge in [0.15, 0.2) is 0 Å². The molecule has 122 valence electrons. The Labute approximate surface area is 201 Å². The molecule has 0 atom stereocenters. The first-order chi connectivity index (χ1) is 10.5. The van der Waals surface area contributed by atoms with Crippen molar-refractivity contribution >= 4 is 91.6 Å². The van der Waals surface area contributed by atoms with Crippen molar-refractivity contribution in [2.75, 3.05) is 21.9 Å². The number of hydrogen-bond acceptors (Lipinski definition) is 5. The van der Waals surface area contributed by atoms with Gasteiger partial charge >= 0.3 is 29.6 Å². The molecule has 1 aromatic rings. The van der Waals surface area contributed by atoms with Crippen LogP contribution in [0, 0.1) is 6.92 Å². The van der Waals surface area contributed by atoms with E-state index in [4.69, 9.17) is 24.4 Å². The van der Waals surface area contributed by atoms with E-state index in [1.54, 1.807) is 0 Å². The van der Waals surface area contributed by atoms with Crippen LogP contribution in [0.15, 0.2) is 17.0 Å². The Kier molecular flexibility index (Phi) is 14.9. The van der Waals surface area contributed by atoms with Gasteiger partial charge in [-0.1, -0.05) is 69.6 Å². The van der Waals surface area contributed by atoms with Crippen molar-refractivity contribution in [2.24, 2.45) is 0 Å². The molecule has 0 aliphatic carbocycles. The predicted octanol–water partition coefficient (Wildman–Crippen LogP) is -0.302. The van der Waals surface area contributed by atoms with Gasteiger partial charge in [-0.05, 0) is 24.6 Å². The summed E-state index contributed by atoms with van der Waals surface area (Å²) in [4.78, 5) is 2.02. The molecule has 0 fully saturated rings. The zero-order chi connectivity index (χ0) is 16.5. The van der Waals surface area contributed by atoms with Gasteiger partial charge in [0, 0.05) is 50.0 Å². The van der Waals surface area contributed by atoms with Gasteiger partial charge in [0.05, 0.1) is 0 Å². The molecule has 0 unspecified atom stereocenters. The number of nitrogens with one attached hydrogen (secondary N) is 2. The fourth-order valence-corrected chi connectivity index (χ4v) is 3.21. The first-order valence-corrected chi connectivity index (χ1v) is 11.0. The minimum atomic E-state index is 0. The number of rotatable bonds is 8. The molecule has 0 saturated heterocycles. The molecule has 0 spiro atoms. The summed E-state index contributed by atoms with van der Waals surface area (Å²) in [7, 11) is 0. The third-order valence-corrected chi connectivity index (χ3v) is 5.18. The molecular formula is C13H15I2N2NaO2S3. The Morgan fingerprint density at radius 2 is 1.61 bits per heavy atom. The third kappa shape index (κ3) is 8.31. The van der Waals surface area contributed by atoms with Gasteiger partial charge in [-0.3, -0.25) is 0 Å². The number of alkyl halides is 2. The number of hydrogen-bond donors (Lipinski definition) is 2. The second kappa shape index (κ2) is 13.9. The maximum absolute atomic E-state index is 10.4. The van der Waals surface area contributed by atoms with E-state index in [2.05, 4.69) is 60.1 Å². The van der Waals surface area contributed by atoms with E-state index in [1.165, 1.54) is 0 Å². The Morgan fingerprint density at radius 1 is 1.13 bits per heavy atom. The molecule has 0 aromatic heterocycles. The van der Waals surface area contributed by atoms with E-state index in [-0.39, 0.29) is 29.6 Å². The van der Waals surface area contributed by atoms with Crippen LogP contribution in [0.1, 0.15) is 16.7 Å². The number of halogens is 2. The zero-order valence-electron chi connectivity index (χ0n) is 12.8. The van der Waals surface area contributed by atoms with Gasteiger partial charge in [-0.15, -0.1) is 0 Å². The minimum absolute atomic E-state index is 0. The van der Waals surface area contributed by atoms with Crippen molar-refractivity contribution in [1.29, 1.82) is 0 Å². The molecule has 1 rings (SSSR count). The number of aryl methyl sites for hydroxylation is 1. The molecule has 23 heavy (non-hydrogen) atoms. The Bertz CT molecular complexity index is 550. The van der Waals surface area contributed by atoms with Gasteiger partial charge in [0.2, 0.25) is 0 Å². The van der Waals surface area contributed by atoms with Gasteiger partial charge in [-0.25, -0.2) is 0 Å². The Balaban J connectivity index is 0.00000484. The van der Waals surface area contributed by atoms with Crippen molar-refractivity contribution < 1.29 is 39.1 Å². The van der Waals surface area contributed by atoms with Gasteiger partial charge in [-0.2, -0.15) is 0 Å². The molecule has 10 heteroatoms. The van der Waals surface area contributed by atoms with Crippen molar-refractivity contribution in [2.45, 2.75) is 11.8 Å². The summed E-state index contributed by atoms with van der Waals surface area (Å²) >= 11 is 16.3. The standard InChI is InChI=1S/C13H16I2N2O2S3.Na/c1-8-6-9(12(20)16-4-2-14)10(7-11(8)22-19-18)13(21)17-5-3-15;/h6-7,18H,2-5H2,1H3,(H,16,20)(H,17,21);/q;+1/p-1.